The van der Waals surface area contributed by atoms with Gasteiger partial charge in [0.1, 0.15) is 0 Å². The highest BCUT2D eigenvalue weighted by Gasteiger charge is 2.46. The average molecular weight is 242 g/mol. The molecule has 1 amide bonds. The zero-order valence-electron chi connectivity index (χ0n) is 10.2. The molecule has 0 heterocycles. The molecule has 0 aliphatic heterocycles. The second-order valence-corrected chi connectivity index (χ2v) is 6.76. The first kappa shape index (κ1) is 12.2. The fourth-order valence-electron chi connectivity index (χ4n) is 2.51. The summed E-state index contributed by atoms with van der Waals surface area (Å²) in [6.07, 6.45) is 7.60. The van der Waals surface area contributed by atoms with Crippen LogP contribution in [0.3, 0.4) is 0 Å². The maximum atomic E-state index is 12.2. The summed E-state index contributed by atoms with van der Waals surface area (Å²) in [5.41, 5.74) is 5.71. The minimum absolute atomic E-state index is 0.0388. The van der Waals surface area contributed by atoms with Crippen molar-refractivity contribution in [2.45, 2.75) is 49.8 Å². The molecular weight excluding hydrogens is 220 g/mol. The normalized spacial score (nSPS) is 36.1. The van der Waals surface area contributed by atoms with Crippen LogP contribution < -0.4 is 11.1 Å². The van der Waals surface area contributed by atoms with E-state index in [-0.39, 0.29) is 17.4 Å². The first-order chi connectivity index (χ1) is 7.52. The van der Waals surface area contributed by atoms with Crippen LogP contribution in [0.5, 0.6) is 0 Å². The Morgan fingerprint density at radius 3 is 2.62 bits per heavy atom. The van der Waals surface area contributed by atoms with Crippen molar-refractivity contribution in [2.24, 2.45) is 11.1 Å². The number of thioether (sulfide) groups is 1. The lowest BCUT2D eigenvalue weighted by molar-refractivity contribution is -0.130. The van der Waals surface area contributed by atoms with Gasteiger partial charge in [-0.1, -0.05) is 6.42 Å². The van der Waals surface area contributed by atoms with E-state index in [0.717, 1.165) is 25.8 Å². The predicted molar refractivity (Wildman–Crippen MR) is 68.4 cm³/mol. The summed E-state index contributed by atoms with van der Waals surface area (Å²) in [7, 11) is 0. The number of amides is 1. The molecule has 0 aromatic heterocycles. The maximum absolute atomic E-state index is 12.2. The quantitative estimate of drug-likeness (QED) is 0.786. The van der Waals surface area contributed by atoms with Gasteiger partial charge in [0, 0.05) is 17.3 Å². The lowest BCUT2D eigenvalue weighted by Crippen LogP contribution is -2.48. The van der Waals surface area contributed by atoms with Crippen LogP contribution in [0.4, 0.5) is 0 Å². The van der Waals surface area contributed by atoms with Crippen LogP contribution >= 0.6 is 11.8 Å². The summed E-state index contributed by atoms with van der Waals surface area (Å²) in [5, 5.41) is 3.11. The zero-order valence-corrected chi connectivity index (χ0v) is 11.0. The van der Waals surface area contributed by atoms with Crippen molar-refractivity contribution in [1.29, 1.82) is 0 Å². The fraction of sp³-hybridized carbons (Fsp3) is 0.917. The first-order valence-electron chi connectivity index (χ1n) is 6.11. The fourth-order valence-corrected chi connectivity index (χ4v) is 3.24. The molecule has 0 aromatic rings. The van der Waals surface area contributed by atoms with E-state index in [1.54, 1.807) is 0 Å². The lowest BCUT2D eigenvalue weighted by Gasteiger charge is -2.28. The van der Waals surface area contributed by atoms with Crippen molar-refractivity contribution in [2.75, 3.05) is 12.8 Å². The molecule has 0 aromatic carbocycles. The third kappa shape index (κ3) is 2.09. The summed E-state index contributed by atoms with van der Waals surface area (Å²) in [6.45, 7) is 2.83. The topological polar surface area (TPSA) is 55.1 Å². The van der Waals surface area contributed by atoms with Crippen LogP contribution in [0.2, 0.25) is 0 Å². The van der Waals surface area contributed by atoms with Crippen molar-refractivity contribution in [1.82, 2.24) is 5.32 Å². The maximum Gasteiger partial charge on any atom is 0.227 e. The SMILES string of the molecule is CSC1(CNC(=O)C2(C)CCCC2N)CC1. The Morgan fingerprint density at radius 2 is 2.19 bits per heavy atom. The summed E-state index contributed by atoms with van der Waals surface area (Å²) < 4.78 is 0.342. The lowest BCUT2D eigenvalue weighted by atomic mass is 9.84. The Balaban J connectivity index is 1.88. The van der Waals surface area contributed by atoms with E-state index in [2.05, 4.69) is 11.6 Å². The van der Waals surface area contributed by atoms with Crippen molar-refractivity contribution in [3.63, 3.8) is 0 Å². The van der Waals surface area contributed by atoms with E-state index >= 15 is 0 Å². The van der Waals surface area contributed by atoms with Crippen LogP contribution in [0.1, 0.15) is 39.0 Å². The molecule has 92 valence electrons. The smallest absolute Gasteiger partial charge is 0.227 e. The molecule has 3 nitrogen and oxygen atoms in total. The van der Waals surface area contributed by atoms with Crippen molar-refractivity contribution in [3.05, 3.63) is 0 Å². The number of carbonyl (C=O) groups excluding carboxylic acids is 1. The molecule has 4 heteroatoms. The van der Waals surface area contributed by atoms with Crippen molar-refractivity contribution in [3.8, 4) is 0 Å². The van der Waals surface area contributed by atoms with Crippen LogP contribution in [0.15, 0.2) is 0 Å². The molecule has 2 aliphatic carbocycles. The average Bonchev–Trinajstić information content (AvgIpc) is 2.98. The van der Waals surface area contributed by atoms with Crippen LogP contribution in [-0.2, 0) is 4.79 Å². The summed E-state index contributed by atoms with van der Waals surface area (Å²) in [6, 6.07) is 0.0388. The molecule has 2 aliphatic rings. The molecule has 0 saturated heterocycles. The van der Waals surface area contributed by atoms with Crippen molar-refractivity contribution >= 4 is 17.7 Å². The number of nitrogens with two attached hydrogens (primary N) is 1. The number of carbonyl (C=O) groups is 1. The van der Waals surface area contributed by atoms with E-state index in [4.69, 9.17) is 5.73 Å². The summed E-state index contributed by atoms with van der Waals surface area (Å²) in [4.78, 5) is 12.2. The highest BCUT2D eigenvalue weighted by molar-refractivity contribution is 8.00. The highest BCUT2D eigenvalue weighted by Crippen LogP contribution is 2.46. The second-order valence-electron chi connectivity index (χ2n) is 5.49. The Hall–Kier alpha value is -0.220. The minimum atomic E-state index is -0.325. The molecule has 2 saturated carbocycles. The number of rotatable bonds is 4. The Bertz CT molecular complexity index is 291. The monoisotopic (exact) mass is 242 g/mol. The van der Waals surface area contributed by atoms with Gasteiger partial charge in [0.25, 0.3) is 0 Å². The van der Waals surface area contributed by atoms with Crippen LogP contribution in [0, 0.1) is 5.41 Å². The van der Waals surface area contributed by atoms with E-state index in [1.165, 1.54) is 12.8 Å². The van der Waals surface area contributed by atoms with Gasteiger partial charge in [0.15, 0.2) is 0 Å². The second kappa shape index (κ2) is 4.22. The predicted octanol–water partition coefficient (Wildman–Crippen LogP) is 1.52. The Labute approximate surface area is 102 Å². The molecular formula is C12H22N2OS. The standard InChI is InChI=1S/C12H22N2OS/c1-11(5-3-4-9(11)13)10(15)14-8-12(16-2)6-7-12/h9H,3-8,13H2,1-2H3,(H,14,15). The van der Waals surface area contributed by atoms with E-state index in [9.17, 15) is 4.79 Å². The largest absolute Gasteiger partial charge is 0.354 e. The number of hydrogen-bond acceptors (Lipinski definition) is 3. The highest BCUT2D eigenvalue weighted by atomic mass is 32.2. The molecule has 0 spiro atoms. The Kier molecular flexibility index (Phi) is 3.23. The van der Waals surface area contributed by atoms with E-state index < -0.39 is 0 Å². The van der Waals surface area contributed by atoms with Gasteiger partial charge in [0.05, 0.1) is 5.41 Å². The molecule has 0 bridgehead atoms. The molecule has 2 fully saturated rings. The molecule has 0 radical (unpaired) electrons. The Morgan fingerprint density at radius 1 is 1.50 bits per heavy atom. The molecule has 3 N–H and O–H groups in total. The van der Waals surface area contributed by atoms with Gasteiger partial charge in [-0.25, -0.2) is 0 Å². The van der Waals surface area contributed by atoms with Gasteiger partial charge in [0.2, 0.25) is 5.91 Å². The summed E-state index contributed by atoms with van der Waals surface area (Å²) >= 11 is 1.88. The third-order valence-corrected chi connectivity index (χ3v) is 5.78. The zero-order chi connectivity index (χ0) is 11.8. The van der Waals surface area contributed by atoms with E-state index in [0.29, 0.717) is 4.75 Å². The van der Waals surface area contributed by atoms with Crippen molar-refractivity contribution < 1.29 is 4.79 Å². The van der Waals surface area contributed by atoms with Gasteiger partial charge < -0.3 is 11.1 Å². The van der Waals surface area contributed by atoms with Crippen LogP contribution in [0.25, 0.3) is 0 Å². The minimum Gasteiger partial charge on any atom is -0.354 e. The third-order valence-electron chi connectivity index (χ3n) is 4.36. The van der Waals surface area contributed by atoms with Gasteiger partial charge in [-0.2, -0.15) is 11.8 Å². The van der Waals surface area contributed by atoms with Crippen LogP contribution in [-0.4, -0.2) is 29.5 Å². The van der Waals surface area contributed by atoms with Gasteiger partial charge in [-0.3, -0.25) is 4.79 Å². The molecule has 2 atom stereocenters. The number of nitrogens with one attached hydrogen (secondary N) is 1. The molecule has 16 heavy (non-hydrogen) atoms. The number of hydrogen-bond donors (Lipinski definition) is 2. The van der Waals surface area contributed by atoms with Gasteiger partial charge in [-0.15, -0.1) is 0 Å². The van der Waals surface area contributed by atoms with Gasteiger partial charge in [-0.05, 0) is 38.9 Å². The molecule has 2 unspecified atom stereocenters. The van der Waals surface area contributed by atoms with E-state index in [1.807, 2.05) is 18.7 Å². The van der Waals surface area contributed by atoms with Gasteiger partial charge >= 0.3 is 0 Å². The molecule has 2 rings (SSSR count). The first-order valence-corrected chi connectivity index (χ1v) is 7.34. The summed E-state index contributed by atoms with van der Waals surface area (Å²) in [5.74, 6) is 0.165.